The van der Waals surface area contributed by atoms with E-state index >= 15 is 0 Å². The number of fused-ring (bicyclic) bond motifs is 1. The highest BCUT2D eigenvalue weighted by atomic mass is 19.1. The van der Waals surface area contributed by atoms with Gasteiger partial charge in [-0.05, 0) is 57.7 Å². The third-order valence-corrected chi connectivity index (χ3v) is 6.16. The molecule has 1 saturated carbocycles. The van der Waals surface area contributed by atoms with Gasteiger partial charge >= 0.3 is 0 Å². The van der Waals surface area contributed by atoms with E-state index in [9.17, 15) is 8.78 Å². The van der Waals surface area contributed by atoms with Crippen LogP contribution in [-0.2, 0) is 4.74 Å². The Balaban J connectivity index is 0.000000252. The Morgan fingerprint density at radius 2 is 1.85 bits per heavy atom. The second-order valence-corrected chi connectivity index (χ2v) is 9.10. The van der Waals surface area contributed by atoms with E-state index in [4.69, 9.17) is 4.74 Å². The van der Waals surface area contributed by atoms with Crippen LogP contribution < -0.4 is 0 Å². The molecule has 3 aromatic heterocycles. The van der Waals surface area contributed by atoms with E-state index in [0.29, 0.717) is 35.8 Å². The van der Waals surface area contributed by atoms with Crippen molar-refractivity contribution in [3.05, 3.63) is 60.3 Å². The van der Waals surface area contributed by atoms with Crippen LogP contribution in [0.3, 0.4) is 0 Å². The minimum absolute atomic E-state index is 0.140. The Morgan fingerprint density at radius 1 is 1.06 bits per heavy atom. The zero-order valence-electron chi connectivity index (χ0n) is 19.4. The van der Waals surface area contributed by atoms with Crippen molar-refractivity contribution in [2.45, 2.75) is 57.5 Å². The van der Waals surface area contributed by atoms with Crippen molar-refractivity contribution < 1.29 is 13.5 Å². The molecule has 178 valence electrons. The number of hydrogen-bond acceptors (Lipinski definition) is 5. The van der Waals surface area contributed by atoms with E-state index < -0.39 is 11.6 Å². The molecule has 6 rings (SSSR count). The number of benzene rings is 1. The molecule has 7 nitrogen and oxygen atoms in total. The molecule has 2 aliphatic rings. The highest BCUT2D eigenvalue weighted by molar-refractivity contribution is 5.90. The third-order valence-electron chi connectivity index (χ3n) is 6.16. The van der Waals surface area contributed by atoms with Crippen molar-refractivity contribution in [3.63, 3.8) is 0 Å². The smallest absolute Gasteiger partial charge is 0.185 e. The van der Waals surface area contributed by atoms with Crippen LogP contribution in [0, 0.1) is 11.6 Å². The lowest BCUT2D eigenvalue weighted by Gasteiger charge is -2.21. The van der Waals surface area contributed by atoms with Crippen molar-refractivity contribution in [2.24, 2.45) is 0 Å². The summed E-state index contributed by atoms with van der Waals surface area (Å²) < 4.78 is 37.0. The molecule has 1 aliphatic carbocycles. The van der Waals surface area contributed by atoms with Crippen LogP contribution in [0.15, 0.2) is 42.9 Å². The number of aromatic nitrogens is 6. The molecule has 9 heteroatoms. The lowest BCUT2D eigenvalue weighted by molar-refractivity contribution is 0.0836. The average molecular weight is 467 g/mol. The summed E-state index contributed by atoms with van der Waals surface area (Å²) in [5, 5.41) is 9.30. The molecule has 0 N–H and O–H groups in total. The van der Waals surface area contributed by atoms with Crippen molar-refractivity contribution >= 4 is 11.0 Å². The molecule has 0 atom stereocenters. The second-order valence-electron chi connectivity index (χ2n) is 9.10. The largest absolute Gasteiger partial charge is 0.381 e. The number of hydrogen-bond donors (Lipinski definition) is 0. The maximum atomic E-state index is 14.5. The van der Waals surface area contributed by atoms with Crippen LogP contribution in [0.1, 0.15) is 63.4 Å². The fourth-order valence-electron chi connectivity index (χ4n) is 4.07. The Morgan fingerprint density at radius 3 is 2.50 bits per heavy atom. The average Bonchev–Trinajstić information content (AvgIpc) is 3.35. The first-order valence-corrected chi connectivity index (χ1v) is 11.8. The number of ether oxygens (including phenoxy) is 1. The van der Waals surface area contributed by atoms with E-state index in [-0.39, 0.29) is 17.5 Å². The van der Waals surface area contributed by atoms with E-state index in [1.165, 1.54) is 25.0 Å². The van der Waals surface area contributed by atoms with Crippen LogP contribution >= 0.6 is 0 Å². The predicted octanol–water partition coefficient (Wildman–Crippen LogP) is 5.46. The molecular weight excluding hydrogens is 438 g/mol. The lowest BCUT2D eigenvalue weighted by Crippen LogP contribution is -2.16. The summed E-state index contributed by atoms with van der Waals surface area (Å²) in [6.45, 7) is 5.34. The Hall–Kier alpha value is -3.20. The Bertz CT molecular complexity index is 1260. The van der Waals surface area contributed by atoms with Crippen molar-refractivity contribution in [1.29, 1.82) is 0 Å². The quantitative estimate of drug-likeness (QED) is 0.399. The van der Waals surface area contributed by atoms with Gasteiger partial charge in [-0.15, -0.1) is 0 Å². The molecule has 0 radical (unpaired) electrons. The number of nitrogens with zero attached hydrogens (tertiary/aromatic N) is 6. The zero-order valence-corrected chi connectivity index (χ0v) is 19.4. The molecule has 2 fully saturated rings. The lowest BCUT2D eigenvalue weighted by atomic mass is 9.98. The Kier molecular flexibility index (Phi) is 6.36. The first-order chi connectivity index (χ1) is 16.5. The monoisotopic (exact) mass is 466 g/mol. The van der Waals surface area contributed by atoms with E-state index in [1.54, 1.807) is 4.68 Å². The molecule has 34 heavy (non-hydrogen) atoms. The van der Waals surface area contributed by atoms with E-state index in [2.05, 4.69) is 20.2 Å². The minimum atomic E-state index is -0.639. The number of halogens is 2. The molecule has 1 saturated heterocycles. The van der Waals surface area contributed by atoms with Crippen LogP contribution in [0.2, 0.25) is 0 Å². The molecule has 1 aliphatic heterocycles. The SMILES string of the molecule is CC(C)n1cc2c(-c3ccc(F)cc3F)nc(C3CCOCC3)nc2n1.c1cnn(C2CC2)c1. The molecule has 4 heterocycles. The summed E-state index contributed by atoms with van der Waals surface area (Å²) in [6.07, 6.45) is 9.97. The predicted molar refractivity (Wildman–Crippen MR) is 124 cm³/mol. The van der Waals surface area contributed by atoms with Crippen molar-refractivity contribution in [3.8, 4) is 11.3 Å². The topological polar surface area (TPSA) is 70.7 Å². The van der Waals surface area contributed by atoms with Crippen molar-refractivity contribution in [2.75, 3.05) is 13.2 Å². The molecule has 0 unspecified atom stereocenters. The fourth-order valence-corrected chi connectivity index (χ4v) is 4.07. The van der Waals surface area contributed by atoms with Gasteiger partial charge in [-0.2, -0.15) is 10.2 Å². The molecular formula is C25H28F2N6O. The normalized spacial score (nSPS) is 16.6. The van der Waals surface area contributed by atoms with Gasteiger partial charge in [-0.3, -0.25) is 9.36 Å². The van der Waals surface area contributed by atoms with E-state index in [1.807, 2.05) is 43.2 Å². The van der Waals surface area contributed by atoms with Crippen molar-refractivity contribution in [1.82, 2.24) is 29.5 Å². The molecule has 0 spiro atoms. The van der Waals surface area contributed by atoms with Gasteiger partial charge in [-0.1, -0.05) is 0 Å². The standard InChI is InChI=1S/C19H20F2N4O.C6H8N2/c1-11(2)25-10-15-17(14-4-3-13(20)9-16(14)21)22-18(23-19(15)24-25)12-5-7-26-8-6-12;1-4-7-8(5-1)6-2-3-6/h3-4,9-12H,5-8H2,1-2H3;1,4-6H,2-3H2. The second kappa shape index (κ2) is 9.58. The van der Waals surface area contributed by atoms with Crippen LogP contribution in [0.4, 0.5) is 8.78 Å². The third kappa shape index (κ3) is 4.84. The highest BCUT2D eigenvalue weighted by Gasteiger charge is 2.24. The van der Waals surface area contributed by atoms with Crippen LogP contribution in [-0.4, -0.2) is 42.7 Å². The van der Waals surface area contributed by atoms with Gasteiger partial charge in [0.1, 0.15) is 17.5 Å². The van der Waals surface area contributed by atoms with Gasteiger partial charge in [0.25, 0.3) is 0 Å². The molecule has 0 amide bonds. The summed E-state index contributed by atoms with van der Waals surface area (Å²) >= 11 is 0. The summed E-state index contributed by atoms with van der Waals surface area (Å²) in [6, 6.07) is 6.40. The van der Waals surface area contributed by atoms with Gasteiger partial charge in [0.15, 0.2) is 5.65 Å². The van der Waals surface area contributed by atoms with Gasteiger partial charge in [0, 0.05) is 55.4 Å². The summed E-state index contributed by atoms with van der Waals surface area (Å²) in [4.78, 5) is 9.32. The maximum Gasteiger partial charge on any atom is 0.185 e. The first-order valence-electron chi connectivity index (χ1n) is 11.8. The van der Waals surface area contributed by atoms with Gasteiger partial charge in [0.05, 0.1) is 17.1 Å². The molecule has 4 aromatic rings. The number of rotatable bonds is 4. The summed E-state index contributed by atoms with van der Waals surface area (Å²) in [5.41, 5.74) is 1.25. The summed E-state index contributed by atoms with van der Waals surface area (Å²) in [7, 11) is 0. The zero-order chi connectivity index (χ0) is 23.7. The first kappa shape index (κ1) is 22.6. The maximum absolute atomic E-state index is 14.5. The van der Waals surface area contributed by atoms with Gasteiger partial charge in [0.2, 0.25) is 0 Å². The van der Waals surface area contributed by atoms with Crippen LogP contribution in [0.25, 0.3) is 22.3 Å². The van der Waals surface area contributed by atoms with Gasteiger partial charge in [-0.25, -0.2) is 18.7 Å². The summed E-state index contributed by atoms with van der Waals surface area (Å²) in [5.74, 6) is -0.451. The fraction of sp³-hybridized carbons (Fsp3) is 0.440. The van der Waals surface area contributed by atoms with Crippen LogP contribution in [0.5, 0.6) is 0 Å². The minimum Gasteiger partial charge on any atom is -0.381 e. The van der Waals surface area contributed by atoms with Gasteiger partial charge < -0.3 is 4.74 Å². The molecule has 1 aromatic carbocycles. The Labute approximate surface area is 196 Å². The molecule has 0 bridgehead atoms. The van der Waals surface area contributed by atoms with E-state index in [0.717, 1.165) is 24.9 Å². The highest BCUT2D eigenvalue weighted by Crippen LogP contribution is 2.34.